The molecule has 25 heavy (non-hydrogen) atoms. The van der Waals surface area contributed by atoms with Crippen LogP contribution in [-0.2, 0) is 16.0 Å². The summed E-state index contributed by atoms with van der Waals surface area (Å²) in [6.45, 7) is 7.56. The van der Waals surface area contributed by atoms with Gasteiger partial charge in [-0.15, -0.1) is 0 Å². The number of benzene rings is 1. The zero-order valence-electron chi connectivity index (χ0n) is 14.7. The fraction of sp³-hybridized carbons (Fsp3) is 0.500. The van der Waals surface area contributed by atoms with E-state index in [2.05, 4.69) is 41.1 Å². The quantitative estimate of drug-likeness (QED) is 0.636. The third-order valence-corrected chi connectivity index (χ3v) is 5.24. The summed E-state index contributed by atoms with van der Waals surface area (Å²) >= 11 is 0. The number of nitrogens with zero attached hydrogens (tertiary/aromatic N) is 2. The Balaban J connectivity index is 1.35. The van der Waals surface area contributed by atoms with E-state index in [1.807, 2.05) is 0 Å². The molecule has 0 radical (unpaired) electrons. The Kier molecular flexibility index (Phi) is 5.74. The second-order valence-corrected chi connectivity index (χ2v) is 6.81. The highest BCUT2D eigenvalue weighted by molar-refractivity contribution is 5.87. The van der Waals surface area contributed by atoms with Gasteiger partial charge in [0.25, 0.3) is 0 Å². The Morgan fingerprint density at radius 2 is 1.96 bits per heavy atom. The maximum absolute atomic E-state index is 12.3. The Labute approximate surface area is 149 Å². The molecule has 2 aliphatic heterocycles. The van der Waals surface area contributed by atoms with Gasteiger partial charge in [0.05, 0.1) is 0 Å². The van der Waals surface area contributed by atoms with Crippen LogP contribution in [0.4, 0.5) is 5.69 Å². The van der Waals surface area contributed by atoms with Gasteiger partial charge in [-0.3, -0.25) is 9.59 Å². The van der Waals surface area contributed by atoms with Crippen LogP contribution in [0.2, 0.25) is 0 Å². The van der Waals surface area contributed by atoms with Crippen LogP contribution in [0.15, 0.2) is 36.9 Å². The summed E-state index contributed by atoms with van der Waals surface area (Å²) in [7, 11) is 0. The number of amides is 2. The van der Waals surface area contributed by atoms with Crippen molar-refractivity contribution in [3.05, 3.63) is 42.5 Å². The number of piperidine rings is 1. The van der Waals surface area contributed by atoms with E-state index in [0.29, 0.717) is 19.6 Å². The van der Waals surface area contributed by atoms with Crippen molar-refractivity contribution in [2.24, 2.45) is 5.92 Å². The standard InChI is InChI=1S/C20H27N3O2/c1-2-19(24)23-14-9-17(10-15-23)20(25)21-11-5-12-22-13-8-16-6-3-4-7-18(16)22/h2-4,6-7,17H,1,5,8-15H2,(H,21,25). The molecule has 2 heterocycles. The van der Waals surface area contributed by atoms with Crippen molar-refractivity contribution in [1.29, 1.82) is 0 Å². The number of hydrogen-bond donors (Lipinski definition) is 1. The van der Waals surface area contributed by atoms with Crippen LogP contribution in [0.1, 0.15) is 24.8 Å². The lowest BCUT2D eigenvalue weighted by Gasteiger charge is -2.30. The minimum Gasteiger partial charge on any atom is -0.371 e. The zero-order chi connectivity index (χ0) is 17.6. The van der Waals surface area contributed by atoms with Crippen LogP contribution in [0.5, 0.6) is 0 Å². The Bertz CT molecular complexity index is 636. The molecule has 0 bridgehead atoms. The zero-order valence-corrected chi connectivity index (χ0v) is 14.7. The van der Waals surface area contributed by atoms with Crippen LogP contribution in [0, 0.1) is 5.92 Å². The molecule has 0 atom stereocenters. The summed E-state index contributed by atoms with van der Waals surface area (Å²) < 4.78 is 0. The van der Waals surface area contributed by atoms with Crippen LogP contribution in [0.25, 0.3) is 0 Å². The van der Waals surface area contributed by atoms with E-state index in [-0.39, 0.29) is 17.7 Å². The maximum atomic E-state index is 12.3. The molecule has 1 fully saturated rings. The first-order valence-corrected chi connectivity index (χ1v) is 9.21. The Morgan fingerprint density at radius 1 is 1.20 bits per heavy atom. The lowest BCUT2D eigenvalue weighted by atomic mass is 9.96. The number of nitrogens with one attached hydrogen (secondary N) is 1. The van der Waals surface area contributed by atoms with Gasteiger partial charge >= 0.3 is 0 Å². The van der Waals surface area contributed by atoms with Gasteiger partial charge in [-0.25, -0.2) is 0 Å². The van der Waals surface area contributed by atoms with Crippen LogP contribution < -0.4 is 10.2 Å². The smallest absolute Gasteiger partial charge is 0.245 e. The molecule has 0 aliphatic carbocycles. The number of rotatable bonds is 6. The maximum Gasteiger partial charge on any atom is 0.245 e. The van der Waals surface area contributed by atoms with E-state index in [4.69, 9.17) is 0 Å². The normalized spacial score (nSPS) is 17.3. The number of anilines is 1. The average Bonchev–Trinajstić information content (AvgIpc) is 3.07. The molecule has 5 nitrogen and oxygen atoms in total. The summed E-state index contributed by atoms with van der Waals surface area (Å²) in [5.74, 6) is 0.124. The number of carbonyl (C=O) groups excluding carboxylic acids is 2. The van der Waals surface area contributed by atoms with Crippen LogP contribution in [0.3, 0.4) is 0 Å². The Morgan fingerprint density at radius 3 is 2.72 bits per heavy atom. The number of para-hydroxylation sites is 1. The van der Waals surface area contributed by atoms with Crippen LogP contribution in [-0.4, -0.2) is 49.4 Å². The van der Waals surface area contributed by atoms with Gasteiger partial charge in [0.2, 0.25) is 11.8 Å². The first-order chi connectivity index (χ1) is 12.2. The lowest BCUT2D eigenvalue weighted by molar-refractivity contribution is -0.132. The molecule has 1 N–H and O–H groups in total. The van der Waals surface area contributed by atoms with Crippen molar-refractivity contribution in [3.8, 4) is 0 Å². The molecule has 0 unspecified atom stereocenters. The fourth-order valence-electron chi connectivity index (χ4n) is 3.76. The molecule has 3 rings (SSSR count). The number of carbonyl (C=O) groups is 2. The minimum absolute atomic E-state index is 0.0291. The molecule has 1 aromatic carbocycles. The average molecular weight is 341 g/mol. The third kappa shape index (κ3) is 4.21. The molecular weight excluding hydrogens is 314 g/mol. The van der Waals surface area contributed by atoms with E-state index in [9.17, 15) is 9.59 Å². The fourth-order valence-corrected chi connectivity index (χ4v) is 3.76. The summed E-state index contributed by atoms with van der Waals surface area (Å²) in [4.78, 5) is 28.0. The third-order valence-electron chi connectivity index (χ3n) is 5.24. The van der Waals surface area contributed by atoms with Crippen molar-refractivity contribution in [2.45, 2.75) is 25.7 Å². The van der Waals surface area contributed by atoms with Gasteiger partial charge in [0, 0.05) is 44.3 Å². The molecule has 2 amide bonds. The van der Waals surface area contributed by atoms with E-state index in [1.54, 1.807) is 4.90 Å². The summed E-state index contributed by atoms with van der Waals surface area (Å²) in [5, 5.41) is 3.07. The first-order valence-electron chi connectivity index (χ1n) is 9.21. The second-order valence-electron chi connectivity index (χ2n) is 6.81. The minimum atomic E-state index is -0.0373. The molecule has 2 aliphatic rings. The van der Waals surface area contributed by atoms with Crippen molar-refractivity contribution in [1.82, 2.24) is 10.2 Å². The van der Waals surface area contributed by atoms with Crippen molar-refractivity contribution in [2.75, 3.05) is 37.6 Å². The monoisotopic (exact) mass is 341 g/mol. The van der Waals surface area contributed by atoms with Crippen molar-refractivity contribution >= 4 is 17.5 Å². The highest BCUT2D eigenvalue weighted by Crippen LogP contribution is 2.27. The van der Waals surface area contributed by atoms with Crippen molar-refractivity contribution < 1.29 is 9.59 Å². The molecule has 5 heteroatoms. The van der Waals surface area contributed by atoms with Gasteiger partial charge in [0.1, 0.15) is 0 Å². The predicted octanol–water partition coefficient (Wildman–Crippen LogP) is 1.98. The Hall–Kier alpha value is -2.30. The van der Waals surface area contributed by atoms with Gasteiger partial charge in [0.15, 0.2) is 0 Å². The lowest BCUT2D eigenvalue weighted by Crippen LogP contribution is -2.42. The predicted molar refractivity (Wildman–Crippen MR) is 99.5 cm³/mol. The number of likely N-dealkylation sites (tertiary alicyclic amines) is 1. The van der Waals surface area contributed by atoms with Gasteiger partial charge < -0.3 is 15.1 Å². The molecule has 1 aromatic rings. The summed E-state index contributed by atoms with van der Waals surface area (Å²) in [5.41, 5.74) is 2.76. The van der Waals surface area contributed by atoms with Gasteiger partial charge in [-0.2, -0.15) is 0 Å². The highest BCUT2D eigenvalue weighted by atomic mass is 16.2. The molecule has 0 aromatic heterocycles. The van der Waals surface area contributed by atoms with Gasteiger partial charge in [-0.05, 0) is 43.4 Å². The van der Waals surface area contributed by atoms with Crippen molar-refractivity contribution in [3.63, 3.8) is 0 Å². The molecule has 1 saturated heterocycles. The van der Waals surface area contributed by atoms with E-state index in [0.717, 1.165) is 38.8 Å². The molecule has 134 valence electrons. The highest BCUT2D eigenvalue weighted by Gasteiger charge is 2.26. The van der Waals surface area contributed by atoms with E-state index >= 15 is 0 Å². The summed E-state index contributed by atoms with van der Waals surface area (Å²) in [6, 6.07) is 8.55. The SMILES string of the molecule is C=CC(=O)N1CCC(C(=O)NCCCN2CCc3ccccc32)CC1. The molecule has 0 spiro atoms. The van der Waals surface area contributed by atoms with Gasteiger partial charge in [-0.1, -0.05) is 24.8 Å². The molecular formula is C20H27N3O2. The summed E-state index contributed by atoms with van der Waals surface area (Å²) in [6.07, 6.45) is 4.89. The van der Waals surface area contributed by atoms with E-state index < -0.39 is 0 Å². The molecule has 0 saturated carbocycles. The number of hydrogen-bond acceptors (Lipinski definition) is 3. The number of fused-ring (bicyclic) bond motifs is 1. The largest absolute Gasteiger partial charge is 0.371 e. The first kappa shape index (κ1) is 17.5. The van der Waals surface area contributed by atoms with E-state index in [1.165, 1.54) is 17.3 Å². The topological polar surface area (TPSA) is 52.7 Å². The van der Waals surface area contributed by atoms with Crippen LogP contribution >= 0.6 is 0 Å². The second kappa shape index (κ2) is 8.19.